The maximum absolute atomic E-state index is 13.3. The number of thioether (sulfide) groups is 1. The number of halogens is 1. The minimum Gasteiger partial charge on any atom is -0.496 e. The van der Waals surface area contributed by atoms with Crippen molar-refractivity contribution in [2.75, 3.05) is 27.1 Å². The number of amides is 1. The van der Waals surface area contributed by atoms with Crippen molar-refractivity contribution >= 4 is 46.4 Å². The first-order valence-corrected chi connectivity index (χ1v) is 12.3. The summed E-state index contributed by atoms with van der Waals surface area (Å²) in [6.07, 6.45) is 1.45. The number of nitrogens with zero attached hydrogens (tertiary/aromatic N) is 3. The highest BCUT2D eigenvalue weighted by Crippen LogP contribution is 2.33. The van der Waals surface area contributed by atoms with Crippen LogP contribution in [0.4, 0.5) is 0 Å². The third kappa shape index (κ3) is 5.87. The first kappa shape index (κ1) is 26.1. The summed E-state index contributed by atoms with van der Waals surface area (Å²) >= 11 is 7.14. The summed E-state index contributed by atoms with van der Waals surface area (Å²) in [6.45, 7) is 0. The van der Waals surface area contributed by atoms with E-state index in [1.807, 2.05) is 0 Å². The molecule has 0 radical (unpaired) electrons. The van der Waals surface area contributed by atoms with Crippen LogP contribution >= 0.6 is 23.4 Å². The Morgan fingerprint density at radius 3 is 2.41 bits per heavy atom. The molecule has 3 aromatic carbocycles. The number of benzene rings is 3. The molecule has 0 saturated heterocycles. The van der Waals surface area contributed by atoms with Gasteiger partial charge in [-0.15, -0.1) is 0 Å². The van der Waals surface area contributed by atoms with Crippen LogP contribution in [0.3, 0.4) is 0 Å². The molecule has 1 amide bonds. The van der Waals surface area contributed by atoms with Crippen molar-refractivity contribution in [3.05, 3.63) is 81.6 Å². The highest BCUT2D eigenvalue weighted by molar-refractivity contribution is 7.99. The van der Waals surface area contributed by atoms with Gasteiger partial charge in [-0.3, -0.25) is 14.2 Å². The van der Waals surface area contributed by atoms with Crippen LogP contribution in [-0.2, 0) is 4.79 Å². The molecule has 0 spiro atoms. The molecule has 0 aliphatic heterocycles. The number of carbonyl (C=O) groups excluding carboxylic acids is 1. The number of ether oxygens (including phenoxy) is 3. The third-order valence-electron chi connectivity index (χ3n) is 5.29. The van der Waals surface area contributed by atoms with Gasteiger partial charge in [-0.05, 0) is 42.5 Å². The maximum Gasteiger partial charge on any atom is 0.266 e. The molecule has 4 aromatic rings. The van der Waals surface area contributed by atoms with E-state index in [0.717, 1.165) is 11.8 Å². The minimum absolute atomic E-state index is 0.0290. The molecule has 0 bridgehead atoms. The van der Waals surface area contributed by atoms with Crippen molar-refractivity contribution in [2.45, 2.75) is 5.16 Å². The second-order valence-electron chi connectivity index (χ2n) is 7.56. The Balaban J connectivity index is 1.54. The third-order valence-corrected chi connectivity index (χ3v) is 6.48. The van der Waals surface area contributed by atoms with Crippen LogP contribution in [-0.4, -0.2) is 48.8 Å². The summed E-state index contributed by atoms with van der Waals surface area (Å²) in [4.78, 5) is 30.5. The zero-order valence-electron chi connectivity index (χ0n) is 20.2. The average molecular weight is 539 g/mol. The Morgan fingerprint density at radius 1 is 1.03 bits per heavy atom. The number of aromatic nitrogens is 2. The number of hydrogen-bond acceptors (Lipinski definition) is 8. The van der Waals surface area contributed by atoms with Gasteiger partial charge in [-0.2, -0.15) is 5.10 Å². The summed E-state index contributed by atoms with van der Waals surface area (Å²) < 4.78 is 17.4. The van der Waals surface area contributed by atoms with E-state index in [9.17, 15) is 9.59 Å². The topological polar surface area (TPSA) is 104 Å². The largest absolute Gasteiger partial charge is 0.496 e. The number of hydrogen-bond donors (Lipinski definition) is 1. The van der Waals surface area contributed by atoms with Gasteiger partial charge in [-0.25, -0.2) is 10.4 Å². The molecule has 1 aromatic heterocycles. The fourth-order valence-electron chi connectivity index (χ4n) is 3.52. The van der Waals surface area contributed by atoms with Crippen LogP contribution < -0.4 is 25.2 Å². The molecule has 0 aliphatic rings. The quantitative estimate of drug-likeness (QED) is 0.146. The molecule has 1 heterocycles. The first-order chi connectivity index (χ1) is 17.9. The van der Waals surface area contributed by atoms with Gasteiger partial charge in [0.05, 0.1) is 49.9 Å². The standard InChI is InChI=1S/C26H23ClN4O5S/c1-34-21-13-23(36-3)22(35-2)12-16(21)14-28-30-24(32)15-37-26-29-20-7-5-4-6-19(20)25(33)31(26)18-10-8-17(27)9-11-18/h4-14H,15H2,1-3H3,(H,30,32)/b28-14+. The van der Waals surface area contributed by atoms with Crippen LogP contribution in [0.2, 0.25) is 5.02 Å². The van der Waals surface area contributed by atoms with Crippen LogP contribution in [0.1, 0.15) is 5.56 Å². The molecular weight excluding hydrogens is 516 g/mol. The highest BCUT2D eigenvalue weighted by Gasteiger charge is 2.15. The van der Waals surface area contributed by atoms with Crippen molar-refractivity contribution < 1.29 is 19.0 Å². The fraction of sp³-hybridized carbons (Fsp3) is 0.154. The molecule has 9 nitrogen and oxygen atoms in total. The Labute approximate surface area is 222 Å². The van der Waals surface area contributed by atoms with Gasteiger partial charge in [0.2, 0.25) is 0 Å². The van der Waals surface area contributed by atoms with E-state index in [-0.39, 0.29) is 17.2 Å². The van der Waals surface area contributed by atoms with Gasteiger partial charge in [0.1, 0.15) is 5.75 Å². The van der Waals surface area contributed by atoms with Crippen molar-refractivity contribution in [3.63, 3.8) is 0 Å². The molecular formula is C26H23ClN4O5S. The fourth-order valence-corrected chi connectivity index (χ4v) is 4.45. The molecule has 11 heteroatoms. The SMILES string of the molecule is COc1cc(OC)c(OC)cc1/C=N/NC(=O)CSc1nc2ccccc2c(=O)n1-c1ccc(Cl)cc1. The second-order valence-corrected chi connectivity index (χ2v) is 8.94. The lowest BCUT2D eigenvalue weighted by molar-refractivity contribution is -0.118. The van der Waals surface area contributed by atoms with Gasteiger partial charge in [0.15, 0.2) is 16.7 Å². The Bertz CT molecular complexity index is 1520. The summed E-state index contributed by atoms with van der Waals surface area (Å²) in [5.41, 5.74) is 3.96. The second kappa shape index (κ2) is 11.8. The van der Waals surface area contributed by atoms with E-state index in [1.54, 1.807) is 60.7 Å². The van der Waals surface area contributed by atoms with Gasteiger partial charge >= 0.3 is 0 Å². The zero-order chi connectivity index (χ0) is 26.4. The number of fused-ring (bicyclic) bond motifs is 1. The molecule has 190 valence electrons. The van der Waals surface area contributed by atoms with Crippen molar-refractivity contribution in [3.8, 4) is 22.9 Å². The first-order valence-electron chi connectivity index (χ1n) is 11.0. The Hall–Kier alpha value is -4.02. The van der Waals surface area contributed by atoms with Crippen LogP contribution in [0.25, 0.3) is 16.6 Å². The predicted molar refractivity (Wildman–Crippen MR) is 145 cm³/mol. The van der Waals surface area contributed by atoms with Crippen LogP contribution in [0.5, 0.6) is 17.2 Å². The Morgan fingerprint density at radius 2 is 1.70 bits per heavy atom. The molecule has 0 unspecified atom stereocenters. The Kier molecular flexibility index (Phi) is 8.32. The number of carbonyl (C=O) groups is 1. The molecule has 0 atom stereocenters. The van der Waals surface area contributed by atoms with Gasteiger partial charge < -0.3 is 14.2 Å². The average Bonchev–Trinajstić information content (AvgIpc) is 2.92. The molecule has 0 fully saturated rings. The van der Waals surface area contributed by atoms with E-state index in [4.69, 9.17) is 25.8 Å². The van der Waals surface area contributed by atoms with E-state index in [1.165, 1.54) is 32.1 Å². The lowest BCUT2D eigenvalue weighted by Crippen LogP contribution is -2.24. The van der Waals surface area contributed by atoms with Gasteiger partial charge in [0.25, 0.3) is 11.5 Å². The van der Waals surface area contributed by atoms with Crippen molar-refractivity contribution in [1.82, 2.24) is 15.0 Å². The summed E-state index contributed by atoms with van der Waals surface area (Å²) in [5, 5.41) is 5.42. The van der Waals surface area contributed by atoms with Gasteiger partial charge in [0, 0.05) is 16.7 Å². The summed E-state index contributed by atoms with van der Waals surface area (Å²) in [7, 11) is 4.57. The van der Waals surface area contributed by atoms with E-state index in [2.05, 4.69) is 15.5 Å². The molecule has 0 aliphatic carbocycles. The number of para-hydroxylation sites is 1. The van der Waals surface area contributed by atoms with E-state index in [0.29, 0.717) is 49.6 Å². The molecule has 0 saturated carbocycles. The van der Waals surface area contributed by atoms with Crippen molar-refractivity contribution in [1.29, 1.82) is 0 Å². The monoisotopic (exact) mass is 538 g/mol. The smallest absolute Gasteiger partial charge is 0.266 e. The maximum atomic E-state index is 13.3. The number of methoxy groups -OCH3 is 3. The normalized spacial score (nSPS) is 11.0. The predicted octanol–water partition coefficient (Wildman–Crippen LogP) is 4.31. The summed E-state index contributed by atoms with van der Waals surface area (Å²) in [5.74, 6) is 1.09. The number of hydrazone groups is 1. The molecule has 37 heavy (non-hydrogen) atoms. The zero-order valence-corrected chi connectivity index (χ0v) is 21.8. The minimum atomic E-state index is -0.384. The molecule has 4 rings (SSSR count). The summed E-state index contributed by atoms with van der Waals surface area (Å²) in [6, 6.07) is 17.3. The highest BCUT2D eigenvalue weighted by atomic mass is 35.5. The lowest BCUT2D eigenvalue weighted by Gasteiger charge is -2.13. The molecule has 1 N–H and O–H groups in total. The number of rotatable bonds is 9. The van der Waals surface area contributed by atoms with E-state index >= 15 is 0 Å². The van der Waals surface area contributed by atoms with Crippen LogP contribution in [0, 0.1) is 0 Å². The van der Waals surface area contributed by atoms with Gasteiger partial charge in [-0.1, -0.05) is 35.5 Å². The van der Waals surface area contributed by atoms with E-state index < -0.39 is 0 Å². The van der Waals surface area contributed by atoms with Crippen molar-refractivity contribution in [2.24, 2.45) is 5.10 Å². The van der Waals surface area contributed by atoms with Crippen LogP contribution in [0.15, 0.2) is 75.7 Å². The number of nitrogens with one attached hydrogen (secondary N) is 1. The lowest BCUT2D eigenvalue weighted by atomic mass is 10.2.